The molecule has 0 aliphatic carbocycles. The molecule has 1 amide bonds. The van der Waals surface area contributed by atoms with E-state index < -0.39 is 6.04 Å². The maximum Gasteiger partial charge on any atom is 0.252 e. The highest BCUT2D eigenvalue weighted by Gasteiger charge is 2.28. The molecule has 0 radical (unpaired) electrons. The molecule has 2 N–H and O–H groups in total. The maximum absolute atomic E-state index is 12.3. The maximum atomic E-state index is 12.3. The fourth-order valence-corrected chi connectivity index (χ4v) is 2.52. The lowest BCUT2D eigenvalue weighted by Gasteiger charge is -2.21. The summed E-state index contributed by atoms with van der Waals surface area (Å²) >= 11 is 0. The van der Waals surface area contributed by atoms with Gasteiger partial charge in [0.1, 0.15) is 0 Å². The summed E-state index contributed by atoms with van der Waals surface area (Å²) in [5.74, 6) is 0.373. The molecule has 1 saturated heterocycles. The summed E-state index contributed by atoms with van der Waals surface area (Å²) in [7, 11) is 0. The Balaban J connectivity index is 1.86. The highest BCUT2D eigenvalue weighted by Crippen LogP contribution is 2.18. The second-order valence-corrected chi connectivity index (χ2v) is 5.21. The molecule has 1 atom stereocenters. The van der Waals surface area contributed by atoms with E-state index in [1.165, 1.54) is 0 Å². The van der Waals surface area contributed by atoms with Crippen molar-refractivity contribution in [2.24, 2.45) is 5.73 Å². The summed E-state index contributed by atoms with van der Waals surface area (Å²) in [6.45, 7) is 1.14. The van der Waals surface area contributed by atoms with Gasteiger partial charge in [0.05, 0.1) is 12.6 Å². The Bertz CT molecular complexity index is 611. The van der Waals surface area contributed by atoms with Gasteiger partial charge in [-0.05, 0) is 35.3 Å². The summed E-state index contributed by atoms with van der Waals surface area (Å²) in [4.78, 5) is 14.0. The topological polar surface area (TPSA) is 89.9 Å². The van der Waals surface area contributed by atoms with Gasteiger partial charge in [0, 0.05) is 6.54 Å². The lowest BCUT2D eigenvalue weighted by Crippen LogP contribution is -2.43. The summed E-state index contributed by atoms with van der Waals surface area (Å²) in [6, 6.07) is 9.43. The molecule has 21 heavy (non-hydrogen) atoms. The van der Waals surface area contributed by atoms with Crippen LogP contribution in [0.4, 0.5) is 5.95 Å². The van der Waals surface area contributed by atoms with Crippen LogP contribution in [0.25, 0.3) is 0 Å². The summed E-state index contributed by atoms with van der Waals surface area (Å²) in [5.41, 5.74) is 6.99. The second-order valence-electron chi connectivity index (χ2n) is 5.21. The first-order chi connectivity index (χ1) is 10.3. The highest BCUT2D eigenvalue weighted by molar-refractivity contribution is 5.95. The van der Waals surface area contributed by atoms with E-state index in [0.29, 0.717) is 19.0 Å². The van der Waals surface area contributed by atoms with Crippen LogP contribution in [0.5, 0.6) is 0 Å². The van der Waals surface area contributed by atoms with E-state index in [0.717, 1.165) is 24.8 Å². The van der Waals surface area contributed by atoms with Gasteiger partial charge in [0.25, 0.3) is 5.95 Å². The van der Waals surface area contributed by atoms with Crippen molar-refractivity contribution in [3.63, 3.8) is 0 Å². The van der Waals surface area contributed by atoms with Gasteiger partial charge in [0.2, 0.25) is 5.91 Å². The monoisotopic (exact) mass is 286 g/mol. The number of nitrogens with two attached hydrogens (primary N) is 1. The molecule has 0 bridgehead atoms. The Hall–Kier alpha value is -2.28. The molecule has 0 spiro atoms. The SMILES string of the molecule is N[C@H]1CCCCN(c2nnnn2Cc2ccccc2)C1=O. The number of hydrogen-bond acceptors (Lipinski definition) is 5. The van der Waals surface area contributed by atoms with Gasteiger partial charge in [-0.3, -0.25) is 9.69 Å². The first-order valence-corrected chi connectivity index (χ1v) is 7.13. The standard InChI is InChI=1S/C14H18N6O/c15-12-8-4-5-9-19(13(12)21)14-16-17-18-20(14)10-11-6-2-1-3-7-11/h1-3,6-7,12H,4-5,8-10,15H2/t12-/m0/s1. The van der Waals surface area contributed by atoms with E-state index in [4.69, 9.17) is 5.73 Å². The molecule has 7 heteroatoms. The smallest absolute Gasteiger partial charge is 0.252 e. The van der Waals surface area contributed by atoms with Crippen LogP contribution in [0.3, 0.4) is 0 Å². The number of amides is 1. The molecule has 1 aromatic heterocycles. The minimum absolute atomic E-state index is 0.100. The average molecular weight is 286 g/mol. The van der Waals surface area contributed by atoms with E-state index in [2.05, 4.69) is 15.5 Å². The Labute approximate surface area is 122 Å². The predicted octanol–water partition coefficient (Wildman–Crippen LogP) is 0.566. The molecule has 1 aliphatic rings. The number of carbonyl (C=O) groups is 1. The van der Waals surface area contributed by atoms with E-state index >= 15 is 0 Å². The van der Waals surface area contributed by atoms with Gasteiger partial charge in [-0.2, -0.15) is 0 Å². The van der Waals surface area contributed by atoms with Crippen LogP contribution in [0, 0.1) is 0 Å². The van der Waals surface area contributed by atoms with Crippen molar-refractivity contribution in [3.8, 4) is 0 Å². The van der Waals surface area contributed by atoms with Gasteiger partial charge in [-0.25, -0.2) is 4.68 Å². The fourth-order valence-electron chi connectivity index (χ4n) is 2.52. The first kappa shape index (κ1) is 13.7. The van der Waals surface area contributed by atoms with Crippen molar-refractivity contribution in [3.05, 3.63) is 35.9 Å². The Morgan fingerprint density at radius 3 is 2.86 bits per heavy atom. The highest BCUT2D eigenvalue weighted by atomic mass is 16.2. The van der Waals surface area contributed by atoms with Crippen molar-refractivity contribution < 1.29 is 4.79 Å². The van der Waals surface area contributed by atoms with Crippen LogP contribution in [-0.4, -0.2) is 38.7 Å². The van der Waals surface area contributed by atoms with E-state index in [-0.39, 0.29) is 5.91 Å². The van der Waals surface area contributed by atoms with Crippen LogP contribution in [0.1, 0.15) is 24.8 Å². The zero-order valence-corrected chi connectivity index (χ0v) is 11.7. The molecule has 7 nitrogen and oxygen atoms in total. The van der Waals surface area contributed by atoms with E-state index in [1.807, 2.05) is 30.3 Å². The number of hydrogen-bond donors (Lipinski definition) is 1. The Kier molecular flexibility index (Phi) is 3.92. The molecule has 0 saturated carbocycles. The van der Waals surface area contributed by atoms with Crippen LogP contribution in [-0.2, 0) is 11.3 Å². The normalized spacial score (nSPS) is 19.6. The summed E-state index contributed by atoms with van der Waals surface area (Å²) in [6.07, 6.45) is 2.58. The number of tetrazole rings is 1. The van der Waals surface area contributed by atoms with E-state index in [1.54, 1.807) is 9.58 Å². The molecule has 1 aromatic carbocycles. The first-order valence-electron chi connectivity index (χ1n) is 7.13. The Morgan fingerprint density at radius 1 is 1.24 bits per heavy atom. The van der Waals surface area contributed by atoms with Gasteiger partial charge >= 0.3 is 0 Å². The average Bonchev–Trinajstić information content (AvgIpc) is 2.88. The largest absolute Gasteiger partial charge is 0.320 e. The molecule has 110 valence electrons. The molecule has 1 aliphatic heterocycles. The number of rotatable bonds is 3. The summed E-state index contributed by atoms with van der Waals surface area (Å²) in [5, 5.41) is 11.7. The van der Waals surface area contributed by atoms with Crippen molar-refractivity contribution in [1.82, 2.24) is 20.2 Å². The van der Waals surface area contributed by atoms with Crippen molar-refractivity contribution >= 4 is 11.9 Å². The number of nitrogens with zero attached hydrogens (tertiary/aromatic N) is 5. The molecule has 2 heterocycles. The number of aromatic nitrogens is 4. The fraction of sp³-hybridized carbons (Fsp3) is 0.429. The molecule has 0 unspecified atom stereocenters. The van der Waals surface area contributed by atoms with Crippen molar-refractivity contribution in [2.75, 3.05) is 11.4 Å². The summed E-state index contributed by atoms with van der Waals surface area (Å²) < 4.78 is 1.64. The van der Waals surface area contributed by atoms with Gasteiger partial charge < -0.3 is 5.73 Å². The number of benzene rings is 1. The minimum Gasteiger partial charge on any atom is -0.320 e. The van der Waals surface area contributed by atoms with Crippen LogP contribution >= 0.6 is 0 Å². The molecule has 2 aromatic rings. The quantitative estimate of drug-likeness (QED) is 0.890. The third-order valence-corrected chi connectivity index (χ3v) is 3.66. The predicted molar refractivity (Wildman–Crippen MR) is 77.5 cm³/mol. The molecule has 1 fully saturated rings. The minimum atomic E-state index is -0.464. The van der Waals surface area contributed by atoms with Crippen molar-refractivity contribution in [1.29, 1.82) is 0 Å². The third-order valence-electron chi connectivity index (χ3n) is 3.66. The third kappa shape index (κ3) is 2.92. The molecule has 3 rings (SSSR count). The number of carbonyl (C=O) groups excluding carboxylic acids is 1. The number of anilines is 1. The lowest BCUT2D eigenvalue weighted by atomic mass is 10.1. The van der Waals surface area contributed by atoms with Gasteiger partial charge in [0.15, 0.2) is 0 Å². The zero-order chi connectivity index (χ0) is 14.7. The lowest BCUT2D eigenvalue weighted by molar-refractivity contribution is -0.119. The Morgan fingerprint density at radius 2 is 2.05 bits per heavy atom. The van der Waals surface area contributed by atoms with Gasteiger partial charge in [-0.1, -0.05) is 35.4 Å². The van der Waals surface area contributed by atoms with Crippen LogP contribution in [0.2, 0.25) is 0 Å². The van der Waals surface area contributed by atoms with E-state index in [9.17, 15) is 4.79 Å². The molecular formula is C14H18N6O. The zero-order valence-electron chi connectivity index (χ0n) is 11.7. The molecular weight excluding hydrogens is 268 g/mol. The van der Waals surface area contributed by atoms with Crippen LogP contribution < -0.4 is 10.6 Å². The van der Waals surface area contributed by atoms with Crippen molar-refractivity contribution in [2.45, 2.75) is 31.8 Å². The van der Waals surface area contributed by atoms with Gasteiger partial charge in [-0.15, -0.1) is 0 Å². The second kappa shape index (κ2) is 6.01. The van der Waals surface area contributed by atoms with Crippen LogP contribution in [0.15, 0.2) is 30.3 Å².